The van der Waals surface area contributed by atoms with Crippen LogP contribution in [0.15, 0.2) is 24.3 Å². The molecule has 1 aromatic rings. The van der Waals surface area contributed by atoms with Crippen LogP contribution in [0.5, 0.6) is 5.75 Å². The number of likely N-dealkylation sites (tertiary alicyclic amines) is 2. The molecule has 1 atom stereocenters. The van der Waals surface area contributed by atoms with Crippen molar-refractivity contribution in [2.45, 2.75) is 32.1 Å². The van der Waals surface area contributed by atoms with E-state index in [-0.39, 0.29) is 25.0 Å². The molecule has 1 aromatic carbocycles. The highest BCUT2D eigenvalue weighted by Gasteiger charge is 2.52. The number of benzene rings is 1. The summed E-state index contributed by atoms with van der Waals surface area (Å²) in [6, 6.07) is 6.79. The number of carbonyl (C=O) groups is 3. The topological polar surface area (TPSA) is 96.4 Å². The van der Waals surface area contributed by atoms with Crippen molar-refractivity contribution in [2.75, 3.05) is 46.0 Å². The molecule has 8 nitrogen and oxygen atoms in total. The summed E-state index contributed by atoms with van der Waals surface area (Å²) in [7, 11) is 0. The minimum atomic E-state index is -0.856. The summed E-state index contributed by atoms with van der Waals surface area (Å²) in [6.45, 7) is 3.17. The van der Waals surface area contributed by atoms with Crippen LogP contribution >= 0.6 is 0 Å². The zero-order valence-corrected chi connectivity index (χ0v) is 17.8. The molecule has 3 aliphatic rings. The molecule has 2 amide bonds. The van der Waals surface area contributed by atoms with Crippen LogP contribution in [0.2, 0.25) is 0 Å². The lowest BCUT2D eigenvalue weighted by Crippen LogP contribution is -2.40. The predicted octanol–water partition coefficient (Wildman–Crippen LogP) is 2.03. The summed E-state index contributed by atoms with van der Waals surface area (Å²) in [6.07, 6.45) is 4.50. The van der Waals surface area contributed by atoms with E-state index in [4.69, 9.17) is 9.47 Å². The molecule has 0 aliphatic carbocycles. The Morgan fingerprint density at radius 3 is 2.55 bits per heavy atom. The third-order valence-electron chi connectivity index (χ3n) is 6.87. The van der Waals surface area contributed by atoms with Crippen LogP contribution in [0, 0.1) is 11.3 Å². The number of nitrogens with zero attached hydrogens (tertiary/aromatic N) is 2. The summed E-state index contributed by atoms with van der Waals surface area (Å²) in [4.78, 5) is 40.8. The van der Waals surface area contributed by atoms with Gasteiger partial charge < -0.3 is 24.4 Å². The quantitative estimate of drug-likeness (QED) is 0.768. The maximum atomic E-state index is 13.1. The van der Waals surface area contributed by atoms with Gasteiger partial charge in [-0.2, -0.15) is 0 Å². The molecule has 3 aliphatic heterocycles. The van der Waals surface area contributed by atoms with E-state index in [2.05, 4.69) is 0 Å². The van der Waals surface area contributed by atoms with Crippen LogP contribution in [0.3, 0.4) is 0 Å². The molecule has 31 heavy (non-hydrogen) atoms. The second-order valence-corrected chi connectivity index (χ2v) is 8.81. The van der Waals surface area contributed by atoms with Crippen LogP contribution in [-0.2, 0) is 14.3 Å². The van der Waals surface area contributed by atoms with E-state index in [1.807, 2.05) is 4.90 Å². The maximum absolute atomic E-state index is 13.1. The maximum Gasteiger partial charge on any atom is 0.308 e. The van der Waals surface area contributed by atoms with E-state index in [1.165, 1.54) is 0 Å². The van der Waals surface area contributed by atoms with E-state index >= 15 is 0 Å². The van der Waals surface area contributed by atoms with E-state index in [1.54, 1.807) is 29.2 Å². The van der Waals surface area contributed by atoms with Crippen molar-refractivity contribution >= 4 is 17.8 Å². The van der Waals surface area contributed by atoms with Gasteiger partial charge in [0.1, 0.15) is 5.75 Å². The van der Waals surface area contributed by atoms with Gasteiger partial charge in [0.15, 0.2) is 6.61 Å². The number of amides is 2. The lowest BCUT2D eigenvalue weighted by Gasteiger charge is -2.36. The van der Waals surface area contributed by atoms with E-state index in [0.717, 1.165) is 32.4 Å². The average molecular weight is 431 g/mol. The lowest BCUT2D eigenvalue weighted by molar-refractivity contribution is -0.147. The van der Waals surface area contributed by atoms with Crippen LogP contribution in [0.1, 0.15) is 42.5 Å². The number of carbonyl (C=O) groups excluding carboxylic acids is 2. The number of piperidine rings is 1. The SMILES string of the molecule is O=C(O)C1CN(C(=O)c2cccc(OCC(=O)N3CCCCC3)c2)CC12CCOCC2. The fourth-order valence-electron chi connectivity index (χ4n) is 5.03. The van der Waals surface area contributed by atoms with Crippen LogP contribution in [0.4, 0.5) is 0 Å². The van der Waals surface area contributed by atoms with Gasteiger partial charge in [0.05, 0.1) is 5.92 Å². The molecule has 0 aromatic heterocycles. The van der Waals surface area contributed by atoms with Crippen molar-refractivity contribution < 1.29 is 29.0 Å². The number of carboxylic acids is 1. The Bertz CT molecular complexity index is 829. The molecular weight excluding hydrogens is 400 g/mol. The van der Waals surface area contributed by atoms with Crippen LogP contribution in [0.25, 0.3) is 0 Å². The molecule has 1 unspecified atom stereocenters. The highest BCUT2D eigenvalue weighted by atomic mass is 16.5. The number of aliphatic carboxylic acids is 1. The normalized spacial score (nSPS) is 23.0. The molecule has 4 rings (SSSR count). The Kier molecular flexibility index (Phi) is 6.46. The number of ether oxygens (including phenoxy) is 2. The van der Waals surface area contributed by atoms with Gasteiger partial charge >= 0.3 is 5.97 Å². The first-order valence-electron chi connectivity index (χ1n) is 11.1. The number of hydrogen-bond donors (Lipinski definition) is 1. The summed E-state index contributed by atoms with van der Waals surface area (Å²) in [5.74, 6) is -1.22. The Balaban J connectivity index is 1.41. The number of hydrogen-bond acceptors (Lipinski definition) is 5. The highest BCUT2D eigenvalue weighted by molar-refractivity contribution is 5.95. The summed E-state index contributed by atoms with van der Waals surface area (Å²) >= 11 is 0. The van der Waals surface area contributed by atoms with E-state index in [0.29, 0.717) is 43.9 Å². The van der Waals surface area contributed by atoms with Gasteiger partial charge in [0.2, 0.25) is 0 Å². The predicted molar refractivity (Wildman–Crippen MR) is 112 cm³/mol. The fraction of sp³-hybridized carbons (Fsp3) is 0.609. The lowest BCUT2D eigenvalue weighted by atomic mass is 9.72. The first-order chi connectivity index (χ1) is 15.0. The van der Waals surface area contributed by atoms with Crippen molar-refractivity contribution in [3.8, 4) is 5.75 Å². The van der Waals surface area contributed by atoms with Crippen molar-refractivity contribution in [3.05, 3.63) is 29.8 Å². The monoisotopic (exact) mass is 430 g/mol. The van der Waals surface area contributed by atoms with Gasteiger partial charge in [0.25, 0.3) is 11.8 Å². The first kappa shape index (κ1) is 21.6. The van der Waals surface area contributed by atoms with Crippen molar-refractivity contribution in [1.82, 2.24) is 9.80 Å². The number of rotatable bonds is 5. The molecule has 168 valence electrons. The Labute approximate surface area is 182 Å². The molecule has 0 bridgehead atoms. The molecule has 0 saturated carbocycles. The van der Waals surface area contributed by atoms with Gasteiger partial charge in [-0.25, -0.2) is 0 Å². The Morgan fingerprint density at radius 1 is 1.10 bits per heavy atom. The molecule has 3 saturated heterocycles. The molecule has 8 heteroatoms. The van der Waals surface area contributed by atoms with Crippen LogP contribution < -0.4 is 4.74 Å². The Morgan fingerprint density at radius 2 is 1.84 bits per heavy atom. The number of carboxylic acid groups (broad SMARTS) is 1. The Hall–Kier alpha value is -2.61. The highest BCUT2D eigenvalue weighted by Crippen LogP contribution is 2.44. The van der Waals surface area contributed by atoms with E-state index < -0.39 is 17.3 Å². The van der Waals surface area contributed by atoms with Gasteiger partial charge in [-0.1, -0.05) is 6.07 Å². The zero-order chi connectivity index (χ0) is 21.8. The molecule has 1 N–H and O–H groups in total. The molecule has 0 radical (unpaired) electrons. The van der Waals surface area contributed by atoms with E-state index in [9.17, 15) is 19.5 Å². The second kappa shape index (κ2) is 9.26. The minimum absolute atomic E-state index is 0.0401. The summed E-state index contributed by atoms with van der Waals surface area (Å²) in [5.41, 5.74) is 0.0190. The average Bonchev–Trinajstić information content (AvgIpc) is 3.17. The van der Waals surface area contributed by atoms with Gasteiger partial charge in [-0.3, -0.25) is 14.4 Å². The largest absolute Gasteiger partial charge is 0.484 e. The van der Waals surface area contributed by atoms with Gasteiger partial charge in [-0.05, 0) is 50.3 Å². The van der Waals surface area contributed by atoms with Crippen molar-refractivity contribution in [3.63, 3.8) is 0 Å². The minimum Gasteiger partial charge on any atom is -0.484 e. The molecular formula is C23H30N2O6. The first-order valence-corrected chi connectivity index (χ1v) is 11.1. The van der Waals surface area contributed by atoms with Crippen molar-refractivity contribution in [2.24, 2.45) is 11.3 Å². The molecule has 3 heterocycles. The standard InChI is InChI=1S/C23H30N2O6/c26-20(24-9-2-1-3-10-24)15-31-18-6-4-5-17(13-18)21(27)25-14-19(22(28)29)23(16-25)7-11-30-12-8-23/h4-6,13,19H,1-3,7-12,14-16H2,(H,28,29). The fourth-order valence-corrected chi connectivity index (χ4v) is 5.03. The molecule has 3 fully saturated rings. The summed E-state index contributed by atoms with van der Waals surface area (Å²) < 4.78 is 11.1. The third kappa shape index (κ3) is 4.69. The molecule has 1 spiro atoms. The van der Waals surface area contributed by atoms with Crippen molar-refractivity contribution in [1.29, 1.82) is 0 Å². The van der Waals surface area contributed by atoms with Crippen LogP contribution in [-0.4, -0.2) is 78.7 Å². The smallest absolute Gasteiger partial charge is 0.308 e. The van der Waals surface area contributed by atoms with Gasteiger partial charge in [0, 0.05) is 50.4 Å². The zero-order valence-electron chi connectivity index (χ0n) is 17.8. The summed E-state index contributed by atoms with van der Waals surface area (Å²) in [5, 5.41) is 9.74. The second-order valence-electron chi connectivity index (χ2n) is 8.81. The third-order valence-corrected chi connectivity index (χ3v) is 6.87. The van der Waals surface area contributed by atoms with Gasteiger partial charge in [-0.15, -0.1) is 0 Å².